The van der Waals surface area contributed by atoms with E-state index >= 15 is 0 Å². The third kappa shape index (κ3) is 4.71. The maximum Gasteiger partial charge on any atom is 0.261 e. The van der Waals surface area contributed by atoms with Crippen molar-refractivity contribution in [2.45, 2.75) is 51.5 Å². The van der Waals surface area contributed by atoms with E-state index in [-0.39, 0.29) is 16.8 Å². The Hall–Kier alpha value is -1.07. The molecule has 0 spiro atoms. The SMILES string of the molecule is CCC(CC)C(C)NC(=O)c1ccc(C)c(S(=O)(=O)Cl)c1. The molecule has 0 fully saturated rings. The van der Waals surface area contributed by atoms with Crippen molar-refractivity contribution < 1.29 is 13.2 Å². The van der Waals surface area contributed by atoms with Crippen LogP contribution < -0.4 is 5.32 Å². The molecule has 1 amide bonds. The van der Waals surface area contributed by atoms with E-state index in [2.05, 4.69) is 19.2 Å². The highest BCUT2D eigenvalue weighted by molar-refractivity contribution is 8.13. The van der Waals surface area contributed by atoms with Crippen molar-refractivity contribution >= 4 is 25.6 Å². The molecule has 1 aromatic carbocycles. The lowest BCUT2D eigenvalue weighted by atomic mass is 9.95. The first-order valence-corrected chi connectivity index (χ1v) is 9.37. The number of halogens is 1. The summed E-state index contributed by atoms with van der Waals surface area (Å²) in [4.78, 5) is 12.2. The number of hydrogen-bond donors (Lipinski definition) is 1. The molecule has 1 N–H and O–H groups in total. The number of carbonyl (C=O) groups excluding carboxylic acids is 1. The van der Waals surface area contributed by atoms with Gasteiger partial charge in [0.2, 0.25) is 0 Å². The monoisotopic (exact) mass is 331 g/mol. The molecule has 6 heteroatoms. The van der Waals surface area contributed by atoms with Gasteiger partial charge in [0.05, 0.1) is 4.90 Å². The zero-order valence-corrected chi connectivity index (χ0v) is 14.4. The quantitative estimate of drug-likeness (QED) is 0.812. The molecule has 0 aliphatic rings. The molecule has 1 unspecified atom stereocenters. The average Bonchev–Trinajstić information content (AvgIpc) is 2.39. The van der Waals surface area contributed by atoms with E-state index in [1.807, 2.05) is 6.92 Å². The van der Waals surface area contributed by atoms with Gasteiger partial charge in [-0.1, -0.05) is 32.8 Å². The van der Waals surface area contributed by atoms with Crippen LogP contribution in [0.3, 0.4) is 0 Å². The number of benzene rings is 1. The van der Waals surface area contributed by atoms with Gasteiger partial charge in [-0.2, -0.15) is 0 Å². The Labute approximate surface area is 131 Å². The van der Waals surface area contributed by atoms with Gasteiger partial charge in [-0.3, -0.25) is 4.79 Å². The molecule has 0 heterocycles. The van der Waals surface area contributed by atoms with Crippen molar-refractivity contribution in [3.05, 3.63) is 29.3 Å². The largest absolute Gasteiger partial charge is 0.349 e. The lowest BCUT2D eigenvalue weighted by molar-refractivity contribution is 0.0925. The molecule has 0 radical (unpaired) electrons. The predicted molar refractivity (Wildman–Crippen MR) is 85.2 cm³/mol. The smallest absolute Gasteiger partial charge is 0.261 e. The normalized spacial score (nSPS) is 13.2. The lowest BCUT2D eigenvalue weighted by Crippen LogP contribution is -2.37. The zero-order valence-electron chi connectivity index (χ0n) is 12.8. The van der Waals surface area contributed by atoms with Gasteiger partial charge < -0.3 is 5.32 Å². The molecular weight excluding hydrogens is 310 g/mol. The number of hydrogen-bond acceptors (Lipinski definition) is 3. The number of carbonyl (C=O) groups is 1. The van der Waals surface area contributed by atoms with E-state index in [0.29, 0.717) is 17.0 Å². The lowest BCUT2D eigenvalue weighted by Gasteiger charge is -2.22. The molecule has 118 valence electrons. The van der Waals surface area contributed by atoms with Gasteiger partial charge in [0, 0.05) is 22.3 Å². The highest BCUT2D eigenvalue weighted by atomic mass is 35.7. The Morgan fingerprint density at radius 2 is 1.86 bits per heavy atom. The van der Waals surface area contributed by atoms with Gasteiger partial charge in [-0.15, -0.1) is 0 Å². The van der Waals surface area contributed by atoms with Gasteiger partial charge in [0.15, 0.2) is 0 Å². The van der Waals surface area contributed by atoms with Crippen molar-refractivity contribution in [3.63, 3.8) is 0 Å². The van der Waals surface area contributed by atoms with Gasteiger partial charge in [-0.25, -0.2) is 8.42 Å². The summed E-state index contributed by atoms with van der Waals surface area (Å²) < 4.78 is 23.0. The van der Waals surface area contributed by atoms with Crippen molar-refractivity contribution in [1.29, 1.82) is 0 Å². The Morgan fingerprint density at radius 3 is 2.33 bits per heavy atom. The van der Waals surface area contributed by atoms with Crippen LogP contribution in [0.4, 0.5) is 0 Å². The molecule has 1 aromatic rings. The second kappa shape index (κ2) is 7.27. The second-order valence-electron chi connectivity index (χ2n) is 5.26. The topological polar surface area (TPSA) is 63.2 Å². The minimum Gasteiger partial charge on any atom is -0.349 e. The Kier molecular flexibility index (Phi) is 6.23. The number of amides is 1. The van der Waals surface area contributed by atoms with Gasteiger partial charge >= 0.3 is 0 Å². The molecule has 21 heavy (non-hydrogen) atoms. The van der Waals surface area contributed by atoms with Crippen molar-refractivity contribution in [2.75, 3.05) is 0 Å². The van der Waals surface area contributed by atoms with E-state index in [1.165, 1.54) is 6.07 Å². The molecule has 1 rings (SSSR count). The molecule has 0 aliphatic heterocycles. The van der Waals surface area contributed by atoms with E-state index in [4.69, 9.17) is 10.7 Å². The number of aryl methyl sites for hydroxylation is 1. The summed E-state index contributed by atoms with van der Waals surface area (Å²) in [5.74, 6) is 0.117. The number of nitrogens with one attached hydrogen (secondary N) is 1. The van der Waals surface area contributed by atoms with E-state index in [1.54, 1.807) is 19.1 Å². The van der Waals surface area contributed by atoms with Crippen LogP contribution >= 0.6 is 10.7 Å². The van der Waals surface area contributed by atoms with Crippen molar-refractivity contribution in [3.8, 4) is 0 Å². The van der Waals surface area contributed by atoms with E-state index < -0.39 is 9.05 Å². The van der Waals surface area contributed by atoms with Crippen molar-refractivity contribution in [1.82, 2.24) is 5.32 Å². The molecule has 0 aliphatic carbocycles. The van der Waals surface area contributed by atoms with Crippen LogP contribution in [0.25, 0.3) is 0 Å². The number of rotatable bonds is 6. The van der Waals surface area contributed by atoms with Crippen LogP contribution in [0, 0.1) is 12.8 Å². The van der Waals surface area contributed by atoms with Crippen molar-refractivity contribution in [2.24, 2.45) is 5.92 Å². The van der Waals surface area contributed by atoms with Crippen LogP contribution in [-0.2, 0) is 9.05 Å². The van der Waals surface area contributed by atoms with Gasteiger partial charge in [0.1, 0.15) is 0 Å². The molecule has 4 nitrogen and oxygen atoms in total. The van der Waals surface area contributed by atoms with Crippen LogP contribution in [0.15, 0.2) is 23.1 Å². The molecular formula is C15H22ClNO3S. The average molecular weight is 332 g/mol. The van der Waals surface area contributed by atoms with Gasteiger partial charge in [-0.05, 0) is 37.5 Å². The summed E-state index contributed by atoms with van der Waals surface area (Å²) in [6.07, 6.45) is 1.96. The first kappa shape index (κ1) is 18.0. The standard InChI is InChI=1S/C15H22ClNO3S/c1-5-12(6-2)11(4)17-15(18)13-8-7-10(3)14(9-13)21(16,19)20/h7-9,11-12H,5-6H2,1-4H3,(H,17,18). The Bertz CT molecular complexity index is 609. The first-order valence-electron chi connectivity index (χ1n) is 7.06. The predicted octanol–water partition coefficient (Wildman–Crippen LogP) is 3.48. The highest BCUT2D eigenvalue weighted by Gasteiger charge is 2.19. The Morgan fingerprint density at radius 1 is 1.29 bits per heavy atom. The van der Waals surface area contributed by atoms with Crippen LogP contribution in [0.5, 0.6) is 0 Å². The molecule has 1 atom stereocenters. The maximum atomic E-state index is 12.2. The molecule has 0 saturated heterocycles. The van der Waals surface area contributed by atoms with Crippen LogP contribution in [0.1, 0.15) is 49.5 Å². The fourth-order valence-electron chi connectivity index (χ4n) is 2.41. The fraction of sp³-hybridized carbons (Fsp3) is 0.533. The summed E-state index contributed by atoms with van der Waals surface area (Å²) in [5, 5.41) is 2.92. The summed E-state index contributed by atoms with van der Waals surface area (Å²) in [7, 11) is 1.53. The molecule has 0 saturated carbocycles. The van der Waals surface area contributed by atoms with Gasteiger partial charge in [0.25, 0.3) is 15.0 Å². The summed E-state index contributed by atoms with van der Waals surface area (Å²) in [6, 6.07) is 4.55. The summed E-state index contributed by atoms with van der Waals surface area (Å²) in [6.45, 7) is 7.77. The summed E-state index contributed by atoms with van der Waals surface area (Å²) >= 11 is 0. The summed E-state index contributed by atoms with van der Waals surface area (Å²) in [5.41, 5.74) is 0.826. The minimum absolute atomic E-state index is 0.0213. The molecule has 0 bridgehead atoms. The minimum atomic E-state index is -3.85. The second-order valence-corrected chi connectivity index (χ2v) is 7.79. The first-order chi connectivity index (χ1) is 9.70. The molecule has 0 aromatic heterocycles. The van der Waals surface area contributed by atoms with E-state index in [9.17, 15) is 13.2 Å². The van der Waals surface area contributed by atoms with Crippen LogP contribution in [-0.4, -0.2) is 20.4 Å². The highest BCUT2D eigenvalue weighted by Crippen LogP contribution is 2.21. The van der Waals surface area contributed by atoms with Crippen LogP contribution in [0.2, 0.25) is 0 Å². The zero-order chi connectivity index (χ0) is 16.2. The third-order valence-electron chi connectivity index (χ3n) is 3.83. The van der Waals surface area contributed by atoms with E-state index in [0.717, 1.165) is 12.8 Å². The maximum absolute atomic E-state index is 12.2. The third-order valence-corrected chi connectivity index (χ3v) is 5.29. The fourth-order valence-corrected chi connectivity index (χ4v) is 3.63. The Balaban J connectivity index is 2.99.